The minimum atomic E-state index is 0.966. The van der Waals surface area contributed by atoms with Gasteiger partial charge in [0.15, 0.2) is 0 Å². The smallest absolute Gasteiger partial charge is 0.0434 e. The summed E-state index contributed by atoms with van der Waals surface area (Å²) in [6, 6.07) is 8.95. The van der Waals surface area contributed by atoms with E-state index in [0.717, 1.165) is 19.6 Å². The highest BCUT2D eigenvalue weighted by molar-refractivity contribution is 7.07. The maximum absolute atomic E-state index is 3.47. The minimum absolute atomic E-state index is 0.966. The first-order valence-electron chi connectivity index (χ1n) is 7.23. The van der Waals surface area contributed by atoms with Gasteiger partial charge in [-0.15, -0.1) is 0 Å². The zero-order valence-electron chi connectivity index (χ0n) is 12.6. The van der Waals surface area contributed by atoms with Crippen molar-refractivity contribution in [2.45, 2.75) is 33.4 Å². The zero-order valence-corrected chi connectivity index (χ0v) is 13.5. The van der Waals surface area contributed by atoms with Crippen LogP contribution < -0.4 is 10.2 Å². The van der Waals surface area contributed by atoms with Crippen molar-refractivity contribution < 1.29 is 0 Å². The lowest BCUT2D eigenvalue weighted by molar-refractivity contribution is 0.673. The van der Waals surface area contributed by atoms with E-state index in [2.05, 4.69) is 66.1 Å². The Kier molecular flexibility index (Phi) is 5.62. The van der Waals surface area contributed by atoms with Gasteiger partial charge in [-0.3, -0.25) is 0 Å². The number of benzene rings is 1. The summed E-state index contributed by atoms with van der Waals surface area (Å²) >= 11 is 1.76. The molecule has 108 valence electrons. The highest BCUT2D eigenvalue weighted by Crippen LogP contribution is 2.20. The van der Waals surface area contributed by atoms with E-state index in [4.69, 9.17) is 0 Å². The van der Waals surface area contributed by atoms with Crippen molar-refractivity contribution in [3.05, 3.63) is 51.7 Å². The van der Waals surface area contributed by atoms with E-state index in [-0.39, 0.29) is 0 Å². The Morgan fingerprint density at radius 1 is 1.25 bits per heavy atom. The summed E-state index contributed by atoms with van der Waals surface area (Å²) in [6.07, 6.45) is 1.18. The molecule has 0 aliphatic carbocycles. The third-order valence-corrected chi connectivity index (χ3v) is 4.24. The van der Waals surface area contributed by atoms with Crippen molar-refractivity contribution in [2.75, 3.05) is 18.5 Å². The number of nitrogens with zero attached hydrogens (tertiary/aromatic N) is 1. The van der Waals surface area contributed by atoms with Gasteiger partial charge in [-0.05, 0) is 65.5 Å². The van der Waals surface area contributed by atoms with Crippen LogP contribution >= 0.6 is 11.3 Å². The lowest BCUT2D eigenvalue weighted by Crippen LogP contribution is -2.17. The molecule has 0 spiro atoms. The summed E-state index contributed by atoms with van der Waals surface area (Å²) in [7, 11) is 2.15. The first kappa shape index (κ1) is 15.1. The van der Waals surface area contributed by atoms with Gasteiger partial charge in [0.25, 0.3) is 0 Å². The van der Waals surface area contributed by atoms with Crippen LogP contribution in [0.1, 0.15) is 30.0 Å². The van der Waals surface area contributed by atoms with Gasteiger partial charge in [-0.25, -0.2) is 0 Å². The van der Waals surface area contributed by atoms with E-state index in [1.807, 2.05) is 0 Å². The molecule has 20 heavy (non-hydrogen) atoms. The Morgan fingerprint density at radius 3 is 2.75 bits per heavy atom. The average molecular weight is 288 g/mol. The molecule has 1 N–H and O–H groups in total. The Morgan fingerprint density at radius 2 is 2.10 bits per heavy atom. The summed E-state index contributed by atoms with van der Waals surface area (Å²) in [4.78, 5) is 2.30. The molecule has 0 saturated heterocycles. The van der Waals surface area contributed by atoms with E-state index >= 15 is 0 Å². The number of thiophene rings is 1. The molecule has 1 aromatic heterocycles. The lowest BCUT2D eigenvalue weighted by Gasteiger charge is -2.20. The molecule has 0 unspecified atom stereocenters. The van der Waals surface area contributed by atoms with Gasteiger partial charge in [0, 0.05) is 25.8 Å². The van der Waals surface area contributed by atoms with Gasteiger partial charge < -0.3 is 10.2 Å². The van der Waals surface area contributed by atoms with Crippen molar-refractivity contribution in [1.82, 2.24) is 5.32 Å². The molecule has 1 aromatic carbocycles. The maximum Gasteiger partial charge on any atom is 0.0434 e. The zero-order chi connectivity index (χ0) is 14.4. The minimum Gasteiger partial charge on any atom is -0.370 e. The fourth-order valence-corrected chi connectivity index (χ4v) is 2.92. The molecular weight excluding hydrogens is 264 g/mol. The van der Waals surface area contributed by atoms with Crippen molar-refractivity contribution in [2.24, 2.45) is 0 Å². The predicted molar refractivity (Wildman–Crippen MR) is 89.6 cm³/mol. The fraction of sp³-hybridized carbons (Fsp3) is 0.412. The number of anilines is 1. The molecule has 2 aromatic rings. The van der Waals surface area contributed by atoms with Crippen molar-refractivity contribution in [1.29, 1.82) is 0 Å². The predicted octanol–water partition coefficient (Wildman–Crippen LogP) is 4.19. The van der Waals surface area contributed by atoms with Crippen LogP contribution in [-0.2, 0) is 13.1 Å². The molecule has 0 saturated carbocycles. The van der Waals surface area contributed by atoms with Crippen LogP contribution in [0, 0.1) is 6.92 Å². The van der Waals surface area contributed by atoms with E-state index in [1.165, 1.54) is 28.8 Å². The highest BCUT2D eigenvalue weighted by Gasteiger charge is 2.05. The Labute approximate surface area is 126 Å². The topological polar surface area (TPSA) is 15.3 Å². The standard InChI is InChI=1S/C17H24N2S/c1-4-8-18-11-16-5-6-17(10-14(16)2)19(3)12-15-7-9-20-13-15/h5-7,9-10,13,18H,4,8,11-12H2,1-3H3. The number of hydrogen-bond acceptors (Lipinski definition) is 3. The SMILES string of the molecule is CCCNCc1ccc(N(C)Cc2ccsc2)cc1C. The third kappa shape index (κ3) is 4.09. The molecule has 0 amide bonds. The van der Waals surface area contributed by atoms with E-state index in [0.29, 0.717) is 0 Å². The van der Waals surface area contributed by atoms with Crippen LogP contribution in [0.2, 0.25) is 0 Å². The second-order valence-corrected chi connectivity index (χ2v) is 6.06. The molecule has 0 fully saturated rings. The van der Waals surface area contributed by atoms with Gasteiger partial charge >= 0.3 is 0 Å². The van der Waals surface area contributed by atoms with Crippen molar-refractivity contribution in [3.63, 3.8) is 0 Å². The lowest BCUT2D eigenvalue weighted by atomic mass is 10.1. The van der Waals surface area contributed by atoms with Crippen LogP contribution in [0.3, 0.4) is 0 Å². The third-order valence-electron chi connectivity index (χ3n) is 3.51. The summed E-state index contributed by atoms with van der Waals surface area (Å²) in [5.74, 6) is 0. The molecule has 0 bridgehead atoms. The molecule has 2 nitrogen and oxygen atoms in total. The number of hydrogen-bond donors (Lipinski definition) is 1. The average Bonchev–Trinajstić information content (AvgIpc) is 2.93. The molecule has 0 radical (unpaired) electrons. The van der Waals surface area contributed by atoms with E-state index in [1.54, 1.807) is 11.3 Å². The van der Waals surface area contributed by atoms with Crippen molar-refractivity contribution >= 4 is 17.0 Å². The Balaban J connectivity index is 2.00. The summed E-state index contributed by atoms with van der Waals surface area (Å²) in [5, 5.41) is 7.82. The normalized spacial score (nSPS) is 10.8. The molecular formula is C17H24N2S. The summed E-state index contributed by atoms with van der Waals surface area (Å²) in [5.41, 5.74) is 5.42. The number of aryl methyl sites for hydroxylation is 1. The molecule has 2 rings (SSSR count). The summed E-state index contributed by atoms with van der Waals surface area (Å²) < 4.78 is 0. The van der Waals surface area contributed by atoms with Gasteiger partial charge in [0.05, 0.1) is 0 Å². The van der Waals surface area contributed by atoms with Gasteiger partial charge in [0.1, 0.15) is 0 Å². The van der Waals surface area contributed by atoms with E-state index in [9.17, 15) is 0 Å². The molecule has 0 aliphatic rings. The van der Waals surface area contributed by atoms with Gasteiger partial charge in [-0.2, -0.15) is 11.3 Å². The Hall–Kier alpha value is -1.32. The second kappa shape index (κ2) is 7.46. The Bertz CT molecular complexity index is 520. The van der Waals surface area contributed by atoms with Gasteiger partial charge in [-0.1, -0.05) is 13.0 Å². The number of rotatable bonds is 7. The van der Waals surface area contributed by atoms with Crippen LogP contribution in [0.4, 0.5) is 5.69 Å². The van der Waals surface area contributed by atoms with Crippen LogP contribution in [-0.4, -0.2) is 13.6 Å². The monoisotopic (exact) mass is 288 g/mol. The van der Waals surface area contributed by atoms with Crippen molar-refractivity contribution in [3.8, 4) is 0 Å². The summed E-state index contributed by atoms with van der Waals surface area (Å²) in [6.45, 7) is 7.41. The maximum atomic E-state index is 3.47. The van der Waals surface area contributed by atoms with E-state index < -0.39 is 0 Å². The fourth-order valence-electron chi connectivity index (χ4n) is 2.26. The first-order valence-corrected chi connectivity index (χ1v) is 8.17. The van der Waals surface area contributed by atoms with Gasteiger partial charge in [0.2, 0.25) is 0 Å². The first-order chi connectivity index (χ1) is 9.70. The largest absolute Gasteiger partial charge is 0.370 e. The number of nitrogens with one attached hydrogen (secondary N) is 1. The van der Waals surface area contributed by atoms with Crippen LogP contribution in [0.15, 0.2) is 35.0 Å². The quantitative estimate of drug-likeness (QED) is 0.768. The van der Waals surface area contributed by atoms with Crippen LogP contribution in [0.25, 0.3) is 0 Å². The molecule has 3 heteroatoms. The second-order valence-electron chi connectivity index (χ2n) is 5.28. The molecule has 0 aliphatic heterocycles. The molecule has 1 heterocycles. The molecule has 0 atom stereocenters. The highest BCUT2D eigenvalue weighted by atomic mass is 32.1. The van der Waals surface area contributed by atoms with Crippen LogP contribution in [0.5, 0.6) is 0 Å².